The number of morpholine rings is 1. The highest BCUT2D eigenvalue weighted by molar-refractivity contribution is 5.75. The van der Waals surface area contributed by atoms with Crippen molar-refractivity contribution in [2.75, 3.05) is 26.3 Å². The van der Waals surface area contributed by atoms with E-state index in [0.717, 1.165) is 43.8 Å². The first-order valence-corrected chi connectivity index (χ1v) is 6.84. The Morgan fingerprint density at radius 1 is 1.26 bits per heavy atom. The third kappa shape index (κ3) is 1.73. The number of ether oxygens (including phenoxy) is 1. The molecule has 0 amide bonds. The van der Waals surface area contributed by atoms with Gasteiger partial charge in [0.15, 0.2) is 0 Å². The largest absolute Gasteiger partial charge is 0.378 e. The van der Waals surface area contributed by atoms with Crippen molar-refractivity contribution in [3.8, 4) is 0 Å². The maximum Gasteiger partial charge on any atom is 0.326 e. The number of aromatic amines is 1. The van der Waals surface area contributed by atoms with Crippen LogP contribution in [0.25, 0.3) is 11.0 Å². The Bertz CT molecular complexity index is 646. The monoisotopic (exact) mass is 259 g/mol. The molecule has 5 heteroatoms. The van der Waals surface area contributed by atoms with Gasteiger partial charge in [0.1, 0.15) is 0 Å². The SMILES string of the molecule is O=c1[nH]c2ccccc2n1[C@@H]1C[C@@H]2COCCN2C1. The number of benzene rings is 1. The second kappa shape index (κ2) is 4.21. The van der Waals surface area contributed by atoms with Gasteiger partial charge in [0.25, 0.3) is 0 Å². The average molecular weight is 259 g/mol. The molecule has 2 aliphatic rings. The predicted octanol–water partition coefficient (Wildman–Crippen LogP) is 0.975. The van der Waals surface area contributed by atoms with Gasteiger partial charge in [0.05, 0.1) is 30.3 Å². The van der Waals surface area contributed by atoms with Crippen molar-refractivity contribution in [3.05, 3.63) is 34.7 Å². The third-order valence-corrected chi connectivity index (χ3v) is 4.33. The molecule has 5 nitrogen and oxygen atoms in total. The molecule has 100 valence electrons. The van der Waals surface area contributed by atoms with E-state index in [1.807, 2.05) is 28.8 Å². The molecule has 2 fully saturated rings. The standard InChI is InChI=1S/C14H17N3O2/c18-14-15-12-3-1-2-4-13(12)17(14)10-7-11-9-19-6-5-16(11)8-10/h1-4,10-11H,5-9H2,(H,15,18)/t10-,11-/m1/s1. The van der Waals surface area contributed by atoms with Crippen molar-refractivity contribution in [2.45, 2.75) is 18.5 Å². The van der Waals surface area contributed by atoms with Gasteiger partial charge in [-0.1, -0.05) is 12.1 Å². The van der Waals surface area contributed by atoms with E-state index in [0.29, 0.717) is 6.04 Å². The fraction of sp³-hybridized carbons (Fsp3) is 0.500. The number of hydrogen-bond donors (Lipinski definition) is 1. The molecule has 0 radical (unpaired) electrons. The lowest BCUT2D eigenvalue weighted by Crippen LogP contribution is -2.40. The van der Waals surface area contributed by atoms with Gasteiger partial charge in [-0.3, -0.25) is 9.47 Å². The first kappa shape index (κ1) is 11.3. The molecule has 0 bridgehead atoms. The van der Waals surface area contributed by atoms with Crippen LogP contribution in [-0.4, -0.2) is 46.8 Å². The summed E-state index contributed by atoms with van der Waals surface area (Å²) in [5, 5.41) is 0. The van der Waals surface area contributed by atoms with Crippen molar-refractivity contribution in [1.29, 1.82) is 0 Å². The number of rotatable bonds is 1. The summed E-state index contributed by atoms with van der Waals surface area (Å²) in [6, 6.07) is 8.64. The highest BCUT2D eigenvalue weighted by Gasteiger charge is 2.36. The van der Waals surface area contributed by atoms with Crippen molar-refractivity contribution in [3.63, 3.8) is 0 Å². The quantitative estimate of drug-likeness (QED) is 0.830. The molecule has 3 heterocycles. The Hall–Kier alpha value is -1.59. The fourth-order valence-electron chi connectivity index (χ4n) is 3.43. The zero-order valence-corrected chi connectivity index (χ0v) is 10.7. The summed E-state index contributed by atoms with van der Waals surface area (Å²) in [4.78, 5) is 17.6. The minimum atomic E-state index is 0.00645. The summed E-state index contributed by atoms with van der Waals surface area (Å²) in [5.74, 6) is 0. The minimum absolute atomic E-state index is 0.00645. The molecular weight excluding hydrogens is 242 g/mol. The third-order valence-electron chi connectivity index (χ3n) is 4.33. The van der Waals surface area contributed by atoms with Gasteiger partial charge >= 0.3 is 5.69 Å². The topological polar surface area (TPSA) is 50.3 Å². The second-order valence-corrected chi connectivity index (χ2v) is 5.43. The van der Waals surface area contributed by atoms with Crippen molar-refractivity contribution in [2.24, 2.45) is 0 Å². The molecular formula is C14H17N3O2. The summed E-state index contributed by atoms with van der Waals surface area (Å²) in [6.07, 6.45) is 1.00. The van der Waals surface area contributed by atoms with E-state index >= 15 is 0 Å². The number of imidazole rings is 1. The lowest BCUT2D eigenvalue weighted by Gasteiger charge is -2.28. The van der Waals surface area contributed by atoms with Crippen molar-refractivity contribution < 1.29 is 4.74 Å². The summed E-state index contributed by atoms with van der Waals surface area (Å²) in [5.41, 5.74) is 1.94. The normalized spacial score (nSPS) is 27.8. The molecule has 0 saturated carbocycles. The Kier molecular flexibility index (Phi) is 2.50. The highest BCUT2D eigenvalue weighted by Crippen LogP contribution is 2.30. The van der Waals surface area contributed by atoms with E-state index in [9.17, 15) is 4.79 Å². The second-order valence-electron chi connectivity index (χ2n) is 5.43. The molecule has 2 aromatic rings. The molecule has 0 aliphatic carbocycles. The molecule has 2 saturated heterocycles. The van der Waals surface area contributed by atoms with E-state index in [2.05, 4.69) is 9.88 Å². The lowest BCUT2D eigenvalue weighted by atomic mass is 10.1. The number of aromatic nitrogens is 2. The first-order chi connectivity index (χ1) is 9.33. The molecule has 1 aromatic heterocycles. The van der Waals surface area contributed by atoms with Crippen LogP contribution in [0.15, 0.2) is 29.1 Å². The van der Waals surface area contributed by atoms with Gasteiger partial charge in [-0.15, -0.1) is 0 Å². The Balaban J connectivity index is 1.75. The van der Waals surface area contributed by atoms with E-state index in [1.165, 1.54) is 0 Å². The zero-order valence-electron chi connectivity index (χ0n) is 10.7. The predicted molar refractivity (Wildman–Crippen MR) is 72.4 cm³/mol. The van der Waals surface area contributed by atoms with Crippen LogP contribution in [0.2, 0.25) is 0 Å². The van der Waals surface area contributed by atoms with Crippen LogP contribution in [0.4, 0.5) is 0 Å². The Labute approximate surface area is 110 Å². The smallest absolute Gasteiger partial charge is 0.326 e. The first-order valence-electron chi connectivity index (χ1n) is 6.84. The van der Waals surface area contributed by atoms with Crippen LogP contribution in [0, 0.1) is 0 Å². The number of nitrogens with one attached hydrogen (secondary N) is 1. The molecule has 2 aliphatic heterocycles. The fourth-order valence-corrected chi connectivity index (χ4v) is 3.43. The van der Waals surface area contributed by atoms with Crippen LogP contribution in [0.3, 0.4) is 0 Å². The van der Waals surface area contributed by atoms with Gasteiger partial charge < -0.3 is 9.72 Å². The van der Waals surface area contributed by atoms with Crippen LogP contribution < -0.4 is 5.69 Å². The van der Waals surface area contributed by atoms with Crippen LogP contribution >= 0.6 is 0 Å². The van der Waals surface area contributed by atoms with E-state index in [-0.39, 0.29) is 11.7 Å². The number of nitrogens with zero attached hydrogens (tertiary/aromatic N) is 2. The van der Waals surface area contributed by atoms with Crippen LogP contribution in [0.5, 0.6) is 0 Å². The van der Waals surface area contributed by atoms with Gasteiger partial charge in [-0.2, -0.15) is 0 Å². The average Bonchev–Trinajstić information content (AvgIpc) is 2.97. The Morgan fingerprint density at radius 2 is 2.16 bits per heavy atom. The summed E-state index contributed by atoms with van der Waals surface area (Å²) < 4.78 is 7.45. The zero-order chi connectivity index (χ0) is 12.8. The maximum absolute atomic E-state index is 12.2. The molecule has 1 N–H and O–H groups in total. The van der Waals surface area contributed by atoms with Gasteiger partial charge in [0.2, 0.25) is 0 Å². The minimum Gasteiger partial charge on any atom is -0.378 e. The van der Waals surface area contributed by atoms with Crippen molar-refractivity contribution >= 4 is 11.0 Å². The summed E-state index contributed by atoms with van der Waals surface area (Å²) in [7, 11) is 0. The van der Waals surface area contributed by atoms with Crippen molar-refractivity contribution in [1.82, 2.24) is 14.5 Å². The lowest BCUT2D eigenvalue weighted by molar-refractivity contribution is 0.0128. The van der Waals surface area contributed by atoms with Crippen LogP contribution in [0.1, 0.15) is 12.5 Å². The van der Waals surface area contributed by atoms with E-state index in [1.54, 1.807) is 0 Å². The van der Waals surface area contributed by atoms with Gasteiger partial charge in [0, 0.05) is 19.1 Å². The number of para-hydroxylation sites is 2. The molecule has 19 heavy (non-hydrogen) atoms. The summed E-state index contributed by atoms with van der Waals surface area (Å²) in [6.45, 7) is 3.55. The molecule has 2 atom stereocenters. The highest BCUT2D eigenvalue weighted by atomic mass is 16.5. The summed E-state index contributed by atoms with van der Waals surface area (Å²) >= 11 is 0. The Morgan fingerprint density at radius 3 is 3.05 bits per heavy atom. The van der Waals surface area contributed by atoms with Gasteiger partial charge in [-0.05, 0) is 18.6 Å². The maximum atomic E-state index is 12.2. The number of hydrogen-bond acceptors (Lipinski definition) is 3. The van der Waals surface area contributed by atoms with E-state index in [4.69, 9.17) is 4.74 Å². The molecule has 1 aromatic carbocycles. The van der Waals surface area contributed by atoms with E-state index < -0.39 is 0 Å². The number of H-pyrrole nitrogens is 1. The number of fused-ring (bicyclic) bond motifs is 2. The molecule has 0 spiro atoms. The van der Waals surface area contributed by atoms with Gasteiger partial charge in [-0.25, -0.2) is 4.79 Å². The molecule has 4 rings (SSSR count). The molecule has 0 unspecified atom stereocenters. The van der Waals surface area contributed by atoms with Crippen LogP contribution in [-0.2, 0) is 4.74 Å².